The Morgan fingerprint density at radius 1 is 0.972 bits per heavy atom. The van der Waals surface area contributed by atoms with E-state index in [0.29, 0.717) is 28.5 Å². The molecule has 5 heterocycles. The van der Waals surface area contributed by atoms with Gasteiger partial charge in [0.1, 0.15) is 11.6 Å². The predicted molar refractivity (Wildman–Crippen MR) is 139 cm³/mol. The van der Waals surface area contributed by atoms with Gasteiger partial charge in [0.25, 0.3) is 0 Å². The number of rotatable bonds is 7. The summed E-state index contributed by atoms with van der Waals surface area (Å²) < 4.78 is 0. The van der Waals surface area contributed by atoms with Crippen LogP contribution in [0.25, 0.3) is 38.9 Å². The number of aromatic amines is 1. The number of imidazole rings is 1. The molecular formula is C26H21N9O. The van der Waals surface area contributed by atoms with E-state index in [9.17, 15) is 4.79 Å². The number of H-pyrrole nitrogens is 1. The third kappa shape index (κ3) is 4.31. The normalized spacial score (nSPS) is 10.7. The van der Waals surface area contributed by atoms with Gasteiger partial charge in [-0.05, 0) is 35.9 Å². The summed E-state index contributed by atoms with van der Waals surface area (Å²) in [6, 6.07) is 7.49. The molecule has 5 rings (SSSR count). The molecular weight excluding hydrogens is 454 g/mol. The lowest BCUT2D eigenvalue weighted by molar-refractivity contribution is -0.111. The van der Waals surface area contributed by atoms with Crippen LogP contribution in [0.2, 0.25) is 0 Å². The number of nitrogens with one attached hydrogen (secondary N) is 3. The summed E-state index contributed by atoms with van der Waals surface area (Å²) in [4.78, 5) is 36.9. The van der Waals surface area contributed by atoms with Crippen LogP contribution >= 0.6 is 0 Å². The zero-order valence-corrected chi connectivity index (χ0v) is 19.1. The van der Waals surface area contributed by atoms with E-state index in [2.05, 4.69) is 48.8 Å². The molecule has 0 saturated carbocycles. The summed E-state index contributed by atoms with van der Waals surface area (Å²) in [5.74, 6) is 6.41. The van der Waals surface area contributed by atoms with Crippen molar-refractivity contribution in [2.45, 2.75) is 0 Å². The minimum Gasteiger partial charge on any atom is -0.337 e. The van der Waals surface area contributed by atoms with E-state index in [-0.39, 0.29) is 5.91 Å². The minimum atomic E-state index is -0.325. The maximum Gasteiger partial charge on any atom is 0.247 e. The molecule has 0 fully saturated rings. The number of hydrogen-bond donors (Lipinski definition) is 4. The van der Waals surface area contributed by atoms with Gasteiger partial charge in [-0.1, -0.05) is 13.2 Å². The lowest BCUT2D eigenvalue weighted by Gasteiger charge is -2.12. The Kier molecular flexibility index (Phi) is 6.00. The van der Waals surface area contributed by atoms with Crippen LogP contribution in [0, 0.1) is 0 Å². The first-order valence-electron chi connectivity index (χ1n) is 10.9. The Labute approximate surface area is 206 Å². The average molecular weight is 476 g/mol. The molecule has 0 unspecified atom stereocenters. The molecule has 5 N–H and O–H groups in total. The van der Waals surface area contributed by atoms with Crippen molar-refractivity contribution in [3.63, 3.8) is 0 Å². The molecule has 176 valence electrons. The molecule has 0 aliphatic rings. The van der Waals surface area contributed by atoms with Crippen molar-refractivity contribution < 1.29 is 4.79 Å². The van der Waals surface area contributed by atoms with Gasteiger partial charge in [0.2, 0.25) is 5.91 Å². The molecule has 1 amide bonds. The van der Waals surface area contributed by atoms with E-state index >= 15 is 0 Å². The van der Waals surface area contributed by atoms with Crippen molar-refractivity contribution >= 4 is 34.0 Å². The Morgan fingerprint density at radius 3 is 2.53 bits per heavy atom. The number of nitrogens with zero attached hydrogens (tertiary/aromatic N) is 5. The van der Waals surface area contributed by atoms with E-state index in [1.165, 1.54) is 6.08 Å². The highest BCUT2D eigenvalue weighted by molar-refractivity contribution is 5.99. The molecule has 0 aromatic carbocycles. The van der Waals surface area contributed by atoms with E-state index in [1.807, 2.05) is 18.2 Å². The third-order valence-corrected chi connectivity index (χ3v) is 5.55. The lowest BCUT2D eigenvalue weighted by atomic mass is 10.0. The fourth-order valence-corrected chi connectivity index (χ4v) is 3.77. The molecule has 0 spiro atoms. The lowest BCUT2D eigenvalue weighted by Crippen LogP contribution is -2.11. The number of carbonyl (C=O) groups is 1. The maximum absolute atomic E-state index is 11.7. The molecule has 36 heavy (non-hydrogen) atoms. The second kappa shape index (κ2) is 9.57. The van der Waals surface area contributed by atoms with Crippen LogP contribution in [0.15, 0.2) is 86.9 Å². The van der Waals surface area contributed by atoms with Crippen molar-refractivity contribution in [3.05, 3.63) is 98.3 Å². The van der Waals surface area contributed by atoms with Gasteiger partial charge in [-0.15, -0.1) is 0 Å². The fraction of sp³-hybridized carbons (Fsp3) is 0. The van der Waals surface area contributed by atoms with Gasteiger partial charge >= 0.3 is 0 Å². The van der Waals surface area contributed by atoms with Crippen LogP contribution in [0.1, 0.15) is 11.4 Å². The van der Waals surface area contributed by atoms with E-state index in [4.69, 9.17) is 10.8 Å². The van der Waals surface area contributed by atoms with Crippen LogP contribution in [0.5, 0.6) is 0 Å². The molecule has 10 heteroatoms. The summed E-state index contributed by atoms with van der Waals surface area (Å²) in [6.45, 7) is 7.73. The summed E-state index contributed by atoms with van der Waals surface area (Å²) in [6.07, 6.45) is 13.0. The van der Waals surface area contributed by atoms with Crippen LogP contribution in [-0.4, -0.2) is 35.8 Å². The minimum absolute atomic E-state index is 0.325. The summed E-state index contributed by atoms with van der Waals surface area (Å²) >= 11 is 0. The number of anilines is 2. The number of hydrogen-bond acceptors (Lipinski definition) is 8. The third-order valence-electron chi connectivity index (χ3n) is 5.55. The first kappa shape index (κ1) is 22.6. The smallest absolute Gasteiger partial charge is 0.247 e. The number of pyridine rings is 4. The zero-order chi connectivity index (χ0) is 25.1. The molecule has 0 atom stereocenters. The van der Waals surface area contributed by atoms with Crippen LogP contribution in [-0.2, 0) is 4.79 Å². The first-order chi connectivity index (χ1) is 17.6. The topological polar surface area (TPSA) is 147 Å². The maximum atomic E-state index is 11.7. The van der Waals surface area contributed by atoms with Gasteiger partial charge in [0.15, 0.2) is 0 Å². The fourth-order valence-electron chi connectivity index (χ4n) is 3.77. The number of fused-ring (bicyclic) bond motifs is 1. The second-order valence-corrected chi connectivity index (χ2v) is 7.80. The molecule has 5 aromatic rings. The highest BCUT2D eigenvalue weighted by atomic mass is 16.1. The number of carbonyl (C=O) groups excluding carboxylic acids is 1. The van der Waals surface area contributed by atoms with Crippen molar-refractivity contribution in [3.8, 4) is 22.3 Å². The molecule has 0 aliphatic carbocycles. The summed E-state index contributed by atoms with van der Waals surface area (Å²) in [5, 5.41) is 2.71. The van der Waals surface area contributed by atoms with E-state index in [1.54, 1.807) is 49.4 Å². The van der Waals surface area contributed by atoms with Crippen molar-refractivity contribution in [1.29, 1.82) is 0 Å². The zero-order valence-electron chi connectivity index (χ0n) is 19.1. The van der Waals surface area contributed by atoms with Crippen LogP contribution < -0.4 is 16.6 Å². The van der Waals surface area contributed by atoms with Crippen LogP contribution in [0.4, 0.5) is 11.5 Å². The van der Waals surface area contributed by atoms with Crippen LogP contribution in [0.3, 0.4) is 0 Å². The predicted octanol–water partition coefficient (Wildman–Crippen LogP) is 3.95. The van der Waals surface area contributed by atoms with E-state index in [0.717, 1.165) is 33.3 Å². The summed E-state index contributed by atoms with van der Waals surface area (Å²) in [7, 11) is 0. The second-order valence-electron chi connectivity index (χ2n) is 7.80. The van der Waals surface area contributed by atoms with Gasteiger partial charge < -0.3 is 15.7 Å². The average Bonchev–Trinajstić information content (AvgIpc) is 3.37. The quantitative estimate of drug-likeness (QED) is 0.157. The van der Waals surface area contributed by atoms with E-state index < -0.39 is 0 Å². The van der Waals surface area contributed by atoms with Gasteiger partial charge in [-0.25, -0.2) is 15.8 Å². The summed E-state index contributed by atoms with van der Waals surface area (Å²) in [5.41, 5.74) is 9.24. The largest absolute Gasteiger partial charge is 0.337 e. The highest BCUT2D eigenvalue weighted by Gasteiger charge is 2.17. The number of hydrazine groups is 1. The number of nitrogens with two attached hydrogens (primary N) is 1. The molecule has 0 saturated heterocycles. The van der Waals surface area contributed by atoms with Gasteiger partial charge in [0.05, 0.1) is 29.1 Å². The molecule has 0 radical (unpaired) electrons. The molecule has 10 nitrogen and oxygen atoms in total. The number of nitrogen functional groups attached to an aromatic ring is 1. The Morgan fingerprint density at radius 2 is 1.75 bits per heavy atom. The molecule has 0 aliphatic heterocycles. The van der Waals surface area contributed by atoms with Crippen molar-refractivity contribution in [2.75, 3.05) is 10.7 Å². The standard InChI is InChI=1S/C26H21N9O/c1-3-23(36)32-19-8-17(10-29-12-19)18-9-20(26(35-27)31-11-18)15(2)25-33-22-14-30-13-21(24(22)34-25)16-4-6-28-7-5-16/h3-14H,1-2,27H2,(H,31,35)(H,32,36)(H,33,34). The van der Waals surface area contributed by atoms with Gasteiger partial charge in [0, 0.05) is 58.8 Å². The van der Waals surface area contributed by atoms with Crippen molar-refractivity contribution in [2.24, 2.45) is 5.84 Å². The number of amides is 1. The SMILES string of the molecule is C=CC(=O)Nc1cncc(-c2cnc(NN)c(C(=C)c3nc4c(-c5ccncc5)cncc4[nH]3)c2)c1. The highest BCUT2D eigenvalue weighted by Crippen LogP contribution is 2.32. The van der Waals surface area contributed by atoms with Crippen molar-refractivity contribution in [1.82, 2.24) is 29.9 Å². The Balaban J connectivity index is 1.55. The van der Waals surface area contributed by atoms with Gasteiger partial charge in [-0.2, -0.15) is 0 Å². The Hall–Kier alpha value is -5.22. The monoisotopic (exact) mass is 475 g/mol. The van der Waals surface area contributed by atoms with Gasteiger partial charge in [-0.3, -0.25) is 19.7 Å². The molecule has 5 aromatic heterocycles. The first-order valence-corrected chi connectivity index (χ1v) is 10.9. The molecule has 0 bridgehead atoms. The number of aromatic nitrogens is 6. The Bertz CT molecular complexity index is 1610.